The Balaban J connectivity index is 2.04. The molecule has 0 spiro atoms. The summed E-state index contributed by atoms with van der Waals surface area (Å²) in [6.45, 7) is 3.80. The van der Waals surface area contributed by atoms with Gasteiger partial charge in [-0.3, -0.25) is 0 Å². The standard InChI is InChI=1S/C14H16F2N2O2/c1-13(2,3)14(15,16)19-9-11-17-12(20-18-11)10-7-5-4-6-8-10/h4-8H,9H2,1-3H3. The molecule has 0 fully saturated rings. The molecule has 2 rings (SSSR count). The van der Waals surface area contributed by atoms with Crippen LogP contribution in [-0.2, 0) is 11.3 Å². The largest absolute Gasteiger partial charge is 0.360 e. The van der Waals surface area contributed by atoms with Crippen molar-refractivity contribution in [2.75, 3.05) is 0 Å². The fourth-order valence-corrected chi connectivity index (χ4v) is 1.38. The second-order valence-corrected chi connectivity index (χ2v) is 5.44. The summed E-state index contributed by atoms with van der Waals surface area (Å²) in [6.07, 6.45) is -3.26. The Labute approximate surface area is 115 Å². The maximum Gasteiger partial charge on any atom is 0.360 e. The molecule has 0 aliphatic rings. The van der Waals surface area contributed by atoms with Crippen LogP contribution in [0.3, 0.4) is 0 Å². The maximum absolute atomic E-state index is 13.6. The first-order valence-electron chi connectivity index (χ1n) is 6.19. The summed E-state index contributed by atoms with van der Waals surface area (Å²) in [6, 6.07) is 9.09. The molecule has 4 nitrogen and oxygen atoms in total. The minimum absolute atomic E-state index is 0.0905. The van der Waals surface area contributed by atoms with Crippen LogP contribution in [-0.4, -0.2) is 16.2 Å². The Morgan fingerprint density at radius 3 is 2.40 bits per heavy atom. The highest BCUT2D eigenvalue weighted by atomic mass is 19.3. The van der Waals surface area contributed by atoms with Crippen molar-refractivity contribution in [1.29, 1.82) is 0 Å². The van der Waals surface area contributed by atoms with Gasteiger partial charge in [-0.15, -0.1) is 0 Å². The van der Waals surface area contributed by atoms with E-state index in [0.717, 1.165) is 5.56 Å². The third-order valence-corrected chi connectivity index (χ3v) is 2.74. The van der Waals surface area contributed by atoms with Gasteiger partial charge in [0, 0.05) is 5.56 Å². The van der Waals surface area contributed by atoms with Gasteiger partial charge < -0.3 is 9.26 Å². The molecule has 2 aromatic rings. The lowest BCUT2D eigenvalue weighted by Gasteiger charge is -2.29. The molecule has 0 aliphatic carbocycles. The number of alkyl halides is 2. The number of benzene rings is 1. The minimum atomic E-state index is -3.26. The molecule has 0 N–H and O–H groups in total. The lowest BCUT2D eigenvalue weighted by molar-refractivity contribution is -0.301. The van der Waals surface area contributed by atoms with Crippen molar-refractivity contribution in [2.45, 2.75) is 33.5 Å². The minimum Gasteiger partial charge on any atom is -0.334 e. The average Bonchev–Trinajstić information content (AvgIpc) is 2.85. The van der Waals surface area contributed by atoms with E-state index in [-0.39, 0.29) is 11.7 Å². The number of rotatable bonds is 4. The maximum atomic E-state index is 13.6. The number of ether oxygens (including phenoxy) is 1. The van der Waals surface area contributed by atoms with Gasteiger partial charge in [0.25, 0.3) is 5.89 Å². The number of hydrogen-bond acceptors (Lipinski definition) is 4. The fourth-order valence-electron chi connectivity index (χ4n) is 1.38. The van der Waals surface area contributed by atoms with Crippen molar-refractivity contribution in [3.8, 4) is 11.5 Å². The highest BCUT2D eigenvalue weighted by Gasteiger charge is 2.44. The van der Waals surface area contributed by atoms with Crippen LogP contribution < -0.4 is 0 Å². The molecule has 0 bridgehead atoms. The summed E-state index contributed by atoms with van der Waals surface area (Å²) in [7, 11) is 0. The van der Waals surface area contributed by atoms with E-state index in [1.165, 1.54) is 20.8 Å². The molecule has 0 aliphatic heterocycles. The molecule has 0 unspecified atom stereocenters. The Morgan fingerprint density at radius 2 is 1.80 bits per heavy atom. The molecule has 108 valence electrons. The van der Waals surface area contributed by atoms with Gasteiger partial charge in [0.1, 0.15) is 6.61 Å². The van der Waals surface area contributed by atoms with Crippen LogP contribution in [0.15, 0.2) is 34.9 Å². The van der Waals surface area contributed by atoms with Gasteiger partial charge in [-0.25, -0.2) is 0 Å². The highest BCUT2D eigenvalue weighted by Crippen LogP contribution is 2.37. The Hall–Kier alpha value is -1.82. The quantitative estimate of drug-likeness (QED) is 0.853. The summed E-state index contributed by atoms with van der Waals surface area (Å²) < 4.78 is 36.9. The fraction of sp³-hybridized carbons (Fsp3) is 0.429. The van der Waals surface area contributed by atoms with Crippen LogP contribution in [0.25, 0.3) is 11.5 Å². The molecule has 0 saturated heterocycles. The monoisotopic (exact) mass is 282 g/mol. The molecule has 0 amide bonds. The predicted molar refractivity (Wildman–Crippen MR) is 68.9 cm³/mol. The van der Waals surface area contributed by atoms with Crippen molar-refractivity contribution in [2.24, 2.45) is 5.41 Å². The average molecular weight is 282 g/mol. The van der Waals surface area contributed by atoms with Gasteiger partial charge in [0.2, 0.25) is 0 Å². The molecule has 0 saturated carbocycles. The Morgan fingerprint density at radius 1 is 1.15 bits per heavy atom. The molecular weight excluding hydrogens is 266 g/mol. The first-order chi connectivity index (χ1) is 9.29. The van der Waals surface area contributed by atoms with E-state index in [1.807, 2.05) is 18.2 Å². The van der Waals surface area contributed by atoms with E-state index in [0.29, 0.717) is 0 Å². The Bertz CT molecular complexity index is 562. The van der Waals surface area contributed by atoms with Crippen LogP contribution in [0.1, 0.15) is 26.6 Å². The van der Waals surface area contributed by atoms with Crippen molar-refractivity contribution >= 4 is 0 Å². The van der Waals surface area contributed by atoms with Gasteiger partial charge in [-0.05, 0) is 12.1 Å². The van der Waals surface area contributed by atoms with Crippen molar-refractivity contribution in [3.63, 3.8) is 0 Å². The third-order valence-electron chi connectivity index (χ3n) is 2.74. The van der Waals surface area contributed by atoms with E-state index in [4.69, 9.17) is 4.52 Å². The van der Waals surface area contributed by atoms with E-state index < -0.39 is 18.1 Å². The smallest absolute Gasteiger partial charge is 0.334 e. The van der Waals surface area contributed by atoms with Crippen LogP contribution in [0.5, 0.6) is 0 Å². The third kappa shape index (κ3) is 3.19. The van der Waals surface area contributed by atoms with E-state index in [2.05, 4.69) is 14.9 Å². The van der Waals surface area contributed by atoms with Crippen molar-refractivity contribution in [1.82, 2.24) is 10.1 Å². The molecule has 6 heteroatoms. The molecule has 1 aromatic heterocycles. The normalized spacial score (nSPS) is 12.7. The second kappa shape index (κ2) is 5.28. The SMILES string of the molecule is CC(C)(C)C(F)(F)OCc1noc(-c2ccccc2)n1. The highest BCUT2D eigenvalue weighted by molar-refractivity contribution is 5.51. The Kier molecular flexibility index (Phi) is 3.85. The summed E-state index contributed by atoms with van der Waals surface area (Å²) in [5.74, 6) is 0.371. The summed E-state index contributed by atoms with van der Waals surface area (Å²) in [4.78, 5) is 4.03. The zero-order valence-electron chi connectivity index (χ0n) is 11.6. The molecule has 1 heterocycles. The van der Waals surface area contributed by atoms with E-state index in [1.54, 1.807) is 12.1 Å². The van der Waals surface area contributed by atoms with Crippen LogP contribution in [0.2, 0.25) is 0 Å². The summed E-state index contributed by atoms with van der Waals surface area (Å²) in [5, 5.41) is 3.63. The molecule has 0 radical (unpaired) electrons. The first-order valence-corrected chi connectivity index (χ1v) is 6.19. The van der Waals surface area contributed by atoms with Gasteiger partial charge in [0.05, 0.1) is 5.41 Å². The predicted octanol–water partition coefficient (Wildman–Crippen LogP) is 3.89. The van der Waals surface area contributed by atoms with Gasteiger partial charge >= 0.3 is 6.11 Å². The van der Waals surface area contributed by atoms with Crippen molar-refractivity contribution < 1.29 is 18.0 Å². The second-order valence-electron chi connectivity index (χ2n) is 5.44. The molecule has 20 heavy (non-hydrogen) atoms. The topological polar surface area (TPSA) is 48.2 Å². The van der Waals surface area contributed by atoms with Gasteiger partial charge in [-0.2, -0.15) is 13.8 Å². The zero-order chi connectivity index (χ0) is 14.8. The van der Waals surface area contributed by atoms with E-state index >= 15 is 0 Å². The molecular formula is C14H16F2N2O2. The zero-order valence-corrected chi connectivity index (χ0v) is 11.6. The van der Waals surface area contributed by atoms with Crippen LogP contribution >= 0.6 is 0 Å². The van der Waals surface area contributed by atoms with Crippen molar-refractivity contribution in [3.05, 3.63) is 36.2 Å². The number of hydrogen-bond donors (Lipinski definition) is 0. The number of nitrogens with zero attached hydrogens (tertiary/aromatic N) is 2. The lowest BCUT2D eigenvalue weighted by atomic mass is 9.95. The number of aromatic nitrogens is 2. The molecule has 0 atom stereocenters. The summed E-state index contributed by atoms with van der Waals surface area (Å²) in [5.41, 5.74) is -0.562. The lowest BCUT2D eigenvalue weighted by Crippen LogP contribution is -2.36. The first kappa shape index (κ1) is 14.6. The van der Waals surface area contributed by atoms with Gasteiger partial charge in [-0.1, -0.05) is 44.1 Å². The number of halogens is 2. The van der Waals surface area contributed by atoms with Crippen LogP contribution in [0, 0.1) is 5.41 Å². The van der Waals surface area contributed by atoms with Gasteiger partial charge in [0.15, 0.2) is 5.82 Å². The summed E-state index contributed by atoms with van der Waals surface area (Å²) >= 11 is 0. The molecule has 1 aromatic carbocycles. The van der Waals surface area contributed by atoms with E-state index in [9.17, 15) is 8.78 Å². The van der Waals surface area contributed by atoms with Crippen LogP contribution in [0.4, 0.5) is 8.78 Å².